The van der Waals surface area contributed by atoms with Gasteiger partial charge in [-0.1, -0.05) is 0 Å². The number of nitriles is 1. The van der Waals surface area contributed by atoms with Gasteiger partial charge < -0.3 is 9.88 Å². The van der Waals surface area contributed by atoms with Crippen molar-refractivity contribution in [1.29, 1.82) is 5.26 Å². The normalized spacial score (nSPS) is 10.1. The number of aryl methyl sites for hydroxylation is 1. The number of hydrogen-bond donors (Lipinski definition) is 1. The number of non-ortho nitro benzene ring substituents is 1. The molecule has 0 atom stereocenters. The maximum Gasteiger partial charge on any atom is 0.271 e. The zero-order valence-corrected chi connectivity index (χ0v) is 12.2. The van der Waals surface area contributed by atoms with Crippen molar-refractivity contribution in [2.45, 2.75) is 6.54 Å². The number of nitro groups is 1. The number of halogens is 1. The number of nitro benzene ring substituents is 1. The molecule has 7 heteroatoms. The summed E-state index contributed by atoms with van der Waals surface area (Å²) in [6.07, 6.45) is 1.84. The number of aromatic nitrogens is 1. The molecular formula is C13H11BrN4O2. The van der Waals surface area contributed by atoms with Crippen LogP contribution >= 0.6 is 15.9 Å². The average molecular weight is 335 g/mol. The molecule has 1 aromatic carbocycles. The number of rotatable bonds is 4. The molecular weight excluding hydrogens is 324 g/mol. The second-order valence-corrected chi connectivity index (χ2v) is 5.09. The molecule has 0 unspecified atom stereocenters. The van der Waals surface area contributed by atoms with Gasteiger partial charge in [0.2, 0.25) is 0 Å². The molecule has 6 nitrogen and oxygen atoms in total. The summed E-state index contributed by atoms with van der Waals surface area (Å²) in [6, 6.07) is 8.40. The lowest BCUT2D eigenvalue weighted by atomic mass is 10.2. The Labute approximate surface area is 123 Å². The third kappa shape index (κ3) is 2.97. The largest absolute Gasteiger partial charge is 0.380 e. The molecule has 0 saturated heterocycles. The summed E-state index contributed by atoms with van der Waals surface area (Å²) in [7, 11) is 1.80. The van der Waals surface area contributed by atoms with E-state index in [1.165, 1.54) is 12.1 Å². The molecule has 0 aliphatic rings. The van der Waals surface area contributed by atoms with Crippen LogP contribution in [0.15, 0.2) is 34.9 Å². The molecule has 20 heavy (non-hydrogen) atoms. The minimum absolute atomic E-state index is 0.0291. The predicted molar refractivity (Wildman–Crippen MR) is 78.3 cm³/mol. The van der Waals surface area contributed by atoms with E-state index in [4.69, 9.17) is 5.26 Å². The molecule has 1 heterocycles. The van der Waals surface area contributed by atoms with Crippen LogP contribution in [-0.4, -0.2) is 9.49 Å². The first-order valence-electron chi connectivity index (χ1n) is 5.74. The topological polar surface area (TPSA) is 83.9 Å². The van der Waals surface area contributed by atoms with E-state index in [1.807, 2.05) is 6.20 Å². The van der Waals surface area contributed by atoms with Gasteiger partial charge in [0, 0.05) is 36.4 Å². The number of benzene rings is 1. The molecule has 0 bridgehead atoms. The van der Waals surface area contributed by atoms with Crippen LogP contribution in [0.1, 0.15) is 11.3 Å². The lowest BCUT2D eigenvalue weighted by Crippen LogP contribution is -2.00. The lowest BCUT2D eigenvalue weighted by Gasteiger charge is -2.07. The van der Waals surface area contributed by atoms with Crippen molar-refractivity contribution in [3.63, 3.8) is 0 Å². The van der Waals surface area contributed by atoms with Crippen LogP contribution in [0.3, 0.4) is 0 Å². The van der Waals surface area contributed by atoms with Gasteiger partial charge in [0.05, 0.1) is 10.6 Å². The quantitative estimate of drug-likeness (QED) is 0.687. The SMILES string of the molecule is Cn1cc(CNc2cc([N+](=O)[O-])ccc2Br)cc1C#N. The fourth-order valence-corrected chi connectivity index (χ4v) is 2.19. The second-order valence-electron chi connectivity index (χ2n) is 4.23. The highest BCUT2D eigenvalue weighted by Gasteiger charge is 2.10. The molecule has 102 valence electrons. The van der Waals surface area contributed by atoms with Gasteiger partial charge in [-0.25, -0.2) is 0 Å². The number of anilines is 1. The van der Waals surface area contributed by atoms with Gasteiger partial charge >= 0.3 is 0 Å². The fourth-order valence-electron chi connectivity index (χ4n) is 1.80. The molecule has 2 aromatic rings. The van der Waals surface area contributed by atoms with E-state index in [9.17, 15) is 10.1 Å². The predicted octanol–water partition coefficient (Wildman–Crippen LogP) is 3.18. The molecule has 0 saturated carbocycles. The summed E-state index contributed by atoms with van der Waals surface area (Å²) < 4.78 is 2.49. The van der Waals surface area contributed by atoms with E-state index in [1.54, 1.807) is 23.7 Å². The Hall–Kier alpha value is -2.33. The first kappa shape index (κ1) is 14.1. The zero-order chi connectivity index (χ0) is 14.7. The third-order valence-electron chi connectivity index (χ3n) is 2.82. The van der Waals surface area contributed by atoms with Crippen LogP contribution in [0.4, 0.5) is 11.4 Å². The first-order valence-corrected chi connectivity index (χ1v) is 6.53. The number of nitrogens with one attached hydrogen (secondary N) is 1. The Morgan fingerprint density at radius 1 is 1.50 bits per heavy atom. The lowest BCUT2D eigenvalue weighted by molar-refractivity contribution is -0.384. The van der Waals surface area contributed by atoms with Gasteiger partial charge in [-0.2, -0.15) is 5.26 Å². The molecule has 1 aromatic heterocycles. The molecule has 0 fully saturated rings. The van der Waals surface area contributed by atoms with Crippen molar-refractivity contribution in [3.05, 3.63) is 56.3 Å². The third-order valence-corrected chi connectivity index (χ3v) is 3.51. The summed E-state index contributed by atoms with van der Waals surface area (Å²) in [6.45, 7) is 0.481. The van der Waals surface area contributed by atoms with E-state index in [0.29, 0.717) is 17.9 Å². The number of hydrogen-bond acceptors (Lipinski definition) is 4. The Morgan fingerprint density at radius 2 is 2.25 bits per heavy atom. The summed E-state index contributed by atoms with van der Waals surface area (Å²) in [5.74, 6) is 0. The van der Waals surface area contributed by atoms with Crippen molar-refractivity contribution in [3.8, 4) is 6.07 Å². The van der Waals surface area contributed by atoms with E-state index < -0.39 is 4.92 Å². The van der Waals surface area contributed by atoms with Gasteiger partial charge in [0.1, 0.15) is 11.8 Å². The standard InChI is InChI=1S/C13H11BrN4O2/c1-17-8-9(4-11(17)6-15)7-16-13-5-10(18(19)20)2-3-12(13)14/h2-5,8,16H,7H2,1H3. The molecule has 1 N–H and O–H groups in total. The fraction of sp³-hybridized carbons (Fsp3) is 0.154. The Morgan fingerprint density at radius 3 is 2.85 bits per heavy atom. The van der Waals surface area contributed by atoms with Crippen molar-refractivity contribution in [2.24, 2.45) is 7.05 Å². The van der Waals surface area contributed by atoms with Gasteiger partial charge in [-0.15, -0.1) is 0 Å². The highest BCUT2D eigenvalue weighted by atomic mass is 79.9. The van der Waals surface area contributed by atoms with Crippen LogP contribution in [-0.2, 0) is 13.6 Å². The van der Waals surface area contributed by atoms with E-state index in [2.05, 4.69) is 27.3 Å². The van der Waals surface area contributed by atoms with Gasteiger partial charge in [-0.05, 0) is 33.6 Å². The second kappa shape index (κ2) is 5.75. The van der Waals surface area contributed by atoms with Crippen LogP contribution in [0, 0.1) is 21.4 Å². The van der Waals surface area contributed by atoms with Crippen molar-refractivity contribution in [1.82, 2.24) is 4.57 Å². The maximum atomic E-state index is 10.7. The summed E-state index contributed by atoms with van der Waals surface area (Å²) in [5.41, 5.74) is 2.17. The number of nitrogens with zero attached hydrogens (tertiary/aromatic N) is 3. The van der Waals surface area contributed by atoms with Gasteiger partial charge in [-0.3, -0.25) is 10.1 Å². The monoisotopic (exact) mass is 334 g/mol. The molecule has 0 radical (unpaired) electrons. The Bertz CT molecular complexity index is 703. The highest BCUT2D eigenvalue weighted by molar-refractivity contribution is 9.10. The first-order chi connectivity index (χ1) is 9.51. The van der Waals surface area contributed by atoms with Crippen LogP contribution in [0.2, 0.25) is 0 Å². The summed E-state index contributed by atoms with van der Waals surface area (Å²) in [5, 5.41) is 22.7. The smallest absolute Gasteiger partial charge is 0.271 e. The van der Waals surface area contributed by atoms with E-state index in [-0.39, 0.29) is 5.69 Å². The minimum Gasteiger partial charge on any atom is -0.380 e. The Kier molecular flexibility index (Phi) is 4.05. The molecule has 0 spiro atoms. The van der Waals surface area contributed by atoms with Crippen LogP contribution in [0.5, 0.6) is 0 Å². The van der Waals surface area contributed by atoms with Crippen LogP contribution < -0.4 is 5.32 Å². The van der Waals surface area contributed by atoms with E-state index in [0.717, 1.165) is 10.0 Å². The van der Waals surface area contributed by atoms with Crippen molar-refractivity contribution >= 4 is 27.3 Å². The molecule has 0 amide bonds. The summed E-state index contributed by atoms with van der Waals surface area (Å²) in [4.78, 5) is 10.3. The van der Waals surface area contributed by atoms with Crippen LogP contribution in [0.25, 0.3) is 0 Å². The Balaban J connectivity index is 2.16. The molecule has 0 aliphatic carbocycles. The maximum absolute atomic E-state index is 10.7. The average Bonchev–Trinajstić information content (AvgIpc) is 2.78. The van der Waals surface area contributed by atoms with Crippen molar-refractivity contribution in [2.75, 3.05) is 5.32 Å². The molecule has 0 aliphatic heterocycles. The zero-order valence-electron chi connectivity index (χ0n) is 10.6. The highest BCUT2D eigenvalue weighted by Crippen LogP contribution is 2.27. The van der Waals surface area contributed by atoms with Crippen molar-refractivity contribution < 1.29 is 4.92 Å². The summed E-state index contributed by atoms with van der Waals surface area (Å²) >= 11 is 3.34. The van der Waals surface area contributed by atoms with Gasteiger partial charge in [0.25, 0.3) is 5.69 Å². The van der Waals surface area contributed by atoms with E-state index >= 15 is 0 Å². The van der Waals surface area contributed by atoms with Gasteiger partial charge in [0.15, 0.2) is 0 Å². The minimum atomic E-state index is -0.437. The molecule has 2 rings (SSSR count).